The summed E-state index contributed by atoms with van der Waals surface area (Å²) in [6.07, 6.45) is 6.90. The lowest BCUT2D eigenvalue weighted by molar-refractivity contribution is -0.00404. The lowest BCUT2D eigenvalue weighted by atomic mass is 9.99. The number of ether oxygens (including phenoxy) is 2. The number of benzene rings is 1. The minimum atomic E-state index is -0.0780. The van der Waals surface area contributed by atoms with Crippen LogP contribution in [0.5, 0.6) is 5.75 Å². The molecule has 2 aromatic rings. The maximum atomic E-state index is 5.97. The highest BCUT2D eigenvalue weighted by atomic mass is 16.5. The molecule has 134 valence electrons. The van der Waals surface area contributed by atoms with Crippen LogP contribution in [0.3, 0.4) is 0 Å². The van der Waals surface area contributed by atoms with Crippen LogP contribution in [-0.4, -0.2) is 27.8 Å². The summed E-state index contributed by atoms with van der Waals surface area (Å²) in [6.45, 7) is 5.97. The first-order chi connectivity index (χ1) is 12.0. The molecule has 1 saturated heterocycles. The number of nitrogens with zero attached hydrogens (tertiary/aromatic N) is 2. The summed E-state index contributed by atoms with van der Waals surface area (Å²) in [4.78, 5) is 4.21. The van der Waals surface area contributed by atoms with Gasteiger partial charge in [0.15, 0.2) is 0 Å². The van der Waals surface area contributed by atoms with E-state index in [2.05, 4.69) is 46.9 Å². The van der Waals surface area contributed by atoms with Crippen molar-refractivity contribution in [2.24, 2.45) is 7.05 Å². The van der Waals surface area contributed by atoms with Crippen LogP contribution in [0.25, 0.3) is 0 Å². The maximum absolute atomic E-state index is 5.97. The third-order valence-electron chi connectivity index (χ3n) is 5.19. The summed E-state index contributed by atoms with van der Waals surface area (Å²) in [5, 5.41) is 3.71. The summed E-state index contributed by atoms with van der Waals surface area (Å²) in [7, 11) is 2.02. The quantitative estimate of drug-likeness (QED) is 0.928. The molecule has 0 aliphatic carbocycles. The van der Waals surface area contributed by atoms with Crippen LogP contribution in [0, 0.1) is 0 Å². The summed E-state index contributed by atoms with van der Waals surface area (Å²) < 4.78 is 14.0. The predicted octanol–water partition coefficient (Wildman–Crippen LogP) is 3.14. The molecule has 2 unspecified atom stereocenters. The molecule has 0 bridgehead atoms. The number of hydrogen-bond donors (Lipinski definition) is 1. The number of aryl methyl sites for hydroxylation is 1. The second-order valence-electron chi connectivity index (χ2n) is 7.87. The van der Waals surface area contributed by atoms with Crippen molar-refractivity contribution in [2.45, 2.75) is 57.4 Å². The van der Waals surface area contributed by atoms with Crippen LogP contribution in [0.1, 0.15) is 49.6 Å². The van der Waals surface area contributed by atoms with Gasteiger partial charge in [0, 0.05) is 32.7 Å². The molecule has 5 heteroatoms. The molecule has 2 aliphatic rings. The van der Waals surface area contributed by atoms with E-state index in [1.165, 1.54) is 11.1 Å². The zero-order chi connectivity index (χ0) is 17.4. The van der Waals surface area contributed by atoms with Gasteiger partial charge in [-0.15, -0.1) is 0 Å². The SMILES string of the molecule is Cn1cncc1C1CC(NCc2ccc3c(c2)CC(C)(C)O3)CCO1. The van der Waals surface area contributed by atoms with E-state index in [1.807, 2.05) is 19.6 Å². The smallest absolute Gasteiger partial charge is 0.123 e. The average molecular weight is 341 g/mol. The van der Waals surface area contributed by atoms with Gasteiger partial charge in [-0.3, -0.25) is 0 Å². The van der Waals surface area contributed by atoms with Crippen molar-refractivity contribution in [3.05, 3.63) is 47.5 Å². The Morgan fingerprint density at radius 3 is 3.04 bits per heavy atom. The Balaban J connectivity index is 1.37. The zero-order valence-electron chi connectivity index (χ0n) is 15.3. The van der Waals surface area contributed by atoms with Crippen LogP contribution < -0.4 is 10.1 Å². The van der Waals surface area contributed by atoms with E-state index >= 15 is 0 Å². The van der Waals surface area contributed by atoms with Crippen LogP contribution in [-0.2, 0) is 24.8 Å². The van der Waals surface area contributed by atoms with Gasteiger partial charge in [-0.1, -0.05) is 12.1 Å². The first kappa shape index (κ1) is 16.6. The highest BCUT2D eigenvalue weighted by Crippen LogP contribution is 2.35. The van der Waals surface area contributed by atoms with Gasteiger partial charge in [0.2, 0.25) is 0 Å². The number of aromatic nitrogens is 2. The van der Waals surface area contributed by atoms with Crippen molar-refractivity contribution < 1.29 is 9.47 Å². The van der Waals surface area contributed by atoms with E-state index in [-0.39, 0.29) is 11.7 Å². The third kappa shape index (κ3) is 3.58. The molecule has 1 aromatic carbocycles. The average Bonchev–Trinajstić information content (AvgIpc) is 3.14. The minimum Gasteiger partial charge on any atom is -0.487 e. The third-order valence-corrected chi connectivity index (χ3v) is 5.19. The molecule has 5 nitrogen and oxygen atoms in total. The molecule has 2 atom stereocenters. The molecule has 0 radical (unpaired) electrons. The van der Waals surface area contributed by atoms with Crippen molar-refractivity contribution in [3.8, 4) is 5.75 Å². The number of hydrogen-bond acceptors (Lipinski definition) is 4. The largest absolute Gasteiger partial charge is 0.487 e. The van der Waals surface area contributed by atoms with Gasteiger partial charge in [-0.25, -0.2) is 4.98 Å². The molecule has 1 N–H and O–H groups in total. The fourth-order valence-corrected chi connectivity index (χ4v) is 3.90. The highest BCUT2D eigenvalue weighted by molar-refractivity contribution is 5.41. The molecular formula is C20H27N3O2. The normalized spacial score (nSPS) is 24.8. The van der Waals surface area contributed by atoms with Gasteiger partial charge in [0.25, 0.3) is 0 Å². The van der Waals surface area contributed by atoms with Gasteiger partial charge in [0.05, 0.1) is 18.2 Å². The van der Waals surface area contributed by atoms with E-state index in [1.54, 1.807) is 0 Å². The van der Waals surface area contributed by atoms with Crippen LogP contribution >= 0.6 is 0 Å². The topological polar surface area (TPSA) is 48.3 Å². The van der Waals surface area contributed by atoms with Gasteiger partial charge in [-0.05, 0) is 43.9 Å². The molecule has 0 amide bonds. The van der Waals surface area contributed by atoms with Crippen LogP contribution in [0.15, 0.2) is 30.7 Å². The van der Waals surface area contributed by atoms with Crippen molar-refractivity contribution in [1.29, 1.82) is 0 Å². The lowest BCUT2D eigenvalue weighted by Gasteiger charge is -2.30. The Labute approximate surface area is 149 Å². The summed E-state index contributed by atoms with van der Waals surface area (Å²) in [5.41, 5.74) is 3.72. The maximum Gasteiger partial charge on any atom is 0.123 e. The molecule has 1 aromatic heterocycles. The number of fused-ring (bicyclic) bond motifs is 1. The number of rotatable bonds is 4. The second kappa shape index (κ2) is 6.46. The van der Waals surface area contributed by atoms with E-state index < -0.39 is 0 Å². The van der Waals surface area contributed by atoms with E-state index in [0.29, 0.717) is 6.04 Å². The molecule has 25 heavy (non-hydrogen) atoms. The first-order valence-corrected chi connectivity index (χ1v) is 9.12. The number of imidazole rings is 1. The summed E-state index contributed by atoms with van der Waals surface area (Å²) in [5.74, 6) is 1.04. The fraction of sp³-hybridized carbons (Fsp3) is 0.550. The standard InChI is InChI=1S/C20H27N3O2/c1-20(2)10-15-8-14(4-5-18(15)25-20)11-22-16-6-7-24-19(9-16)17-12-21-13-23(17)3/h4-5,8,12-13,16,19,22H,6-7,9-11H2,1-3H3. The Bertz CT molecular complexity index is 753. The Kier molecular flexibility index (Phi) is 4.29. The lowest BCUT2D eigenvalue weighted by Crippen LogP contribution is -2.36. The van der Waals surface area contributed by atoms with Gasteiger partial charge in [-0.2, -0.15) is 0 Å². The highest BCUT2D eigenvalue weighted by Gasteiger charge is 2.30. The number of nitrogens with one attached hydrogen (secondary N) is 1. The Hall–Kier alpha value is -1.85. The summed E-state index contributed by atoms with van der Waals surface area (Å²) in [6, 6.07) is 7.04. The molecule has 2 aliphatic heterocycles. The molecule has 1 fully saturated rings. The predicted molar refractivity (Wildman–Crippen MR) is 96.6 cm³/mol. The van der Waals surface area contributed by atoms with Crippen molar-refractivity contribution in [2.75, 3.05) is 6.61 Å². The van der Waals surface area contributed by atoms with Crippen molar-refractivity contribution in [3.63, 3.8) is 0 Å². The first-order valence-electron chi connectivity index (χ1n) is 9.12. The molecule has 0 saturated carbocycles. The summed E-state index contributed by atoms with van der Waals surface area (Å²) >= 11 is 0. The Morgan fingerprint density at radius 1 is 1.36 bits per heavy atom. The Morgan fingerprint density at radius 2 is 2.24 bits per heavy atom. The van der Waals surface area contributed by atoms with E-state index in [4.69, 9.17) is 9.47 Å². The zero-order valence-corrected chi connectivity index (χ0v) is 15.3. The molecular weight excluding hydrogens is 314 g/mol. The van der Waals surface area contributed by atoms with Crippen LogP contribution in [0.2, 0.25) is 0 Å². The molecule has 0 spiro atoms. The monoisotopic (exact) mass is 341 g/mol. The fourth-order valence-electron chi connectivity index (χ4n) is 3.90. The van der Waals surface area contributed by atoms with E-state index in [0.717, 1.165) is 43.9 Å². The minimum absolute atomic E-state index is 0.0780. The van der Waals surface area contributed by atoms with Crippen LogP contribution in [0.4, 0.5) is 0 Å². The van der Waals surface area contributed by atoms with Crippen molar-refractivity contribution >= 4 is 0 Å². The van der Waals surface area contributed by atoms with E-state index in [9.17, 15) is 0 Å². The van der Waals surface area contributed by atoms with Gasteiger partial charge in [0.1, 0.15) is 17.5 Å². The van der Waals surface area contributed by atoms with Gasteiger partial charge < -0.3 is 19.4 Å². The van der Waals surface area contributed by atoms with Gasteiger partial charge >= 0.3 is 0 Å². The molecule has 4 rings (SSSR count). The second-order valence-corrected chi connectivity index (χ2v) is 7.87. The molecule has 3 heterocycles. The van der Waals surface area contributed by atoms with Crippen molar-refractivity contribution in [1.82, 2.24) is 14.9 Å².